The first-order valence-corrected chi connectivity index (χ1v) is 10.1. The zero-order chi connectivity index (χ0) is 19.0. The van der Waals surface area contributed by atoms with Crippen LogP contribution in [0.4, 0.5) is 0 Å². The second-order valence-corrected chi connectivity index (χ2v) is 8.82. The Morgan fingerprint density at radius 3 is 2.78 bits per heavy atom. The van der Waals surface area contributed by atoms with E-state index in [1.807, 2.05) is 18.3 Å². The van der Waals surface area contributed by atoms with Crippen LogP contribution in [0.2, 0.25) is 0 Å². The van der Waals surface area contributed by atoms with Gasteiger partial charge in [-0.05, 0) is 69.6 Å². The lowest BCUT2D eigenvalue weighted by atomic mass is 9.98. The summed E-state index contributed by atoms with van der Waals surface area (Å²) in [7, 11) is 0. The maximum atomic E-state index is 5.90. The minimum atomic E-state index is 0.0379. The Kier molecular flexibility index (Phi) is 4.95. The smallest absolute Gasteiger partial charge is 0.170 e. The summed E-state index contributed by atoms with van der Waals surface area (Å²) in [6.07, 6.45) is 8.74. The summed E-state index contributed by atoms with van der Waals surface area (Å²) in [5.41, 5.74) is 2.32. The van der Waals surface area contributed by atoms with Crippen molar-refractivity contribution in [1.29, 1.82) is 0 Å². The Balaban J connectivity index is 1.69. The summed E-state index contributed by atoms with van der Waals surface area (Å²) in [6.45, 7) is 8.33. The molecule has 0 amide bonds. The first-order valence-electron chi connectivity index (χ1n) is 9.71. The highest BCUT2D eigenvalue weighted by Gasteiger charge is 2.41. The monoisotopic (exact) mass is 384 g/mol. The van der Waals surface area contributed by atoms with E-state index in [1.54, 1.807) is 0 Å². The molecule has 0 radical (unpaired) electrons. The minimum Gasteiger partial charge on any atom is -0.376 e. The van der Waals surface area contributed by atoms with E-state index in [4.69, 9.17) is 17.0 Å². The molecule has 2 fully saturated rings. The number of ether oxygens (including phenoxy) is 1. The fourth-order valence-corrected chi connectivity index (χ4v) is 4.29. The maximum Gasteiger partial charge on any atom is 0.170 e. The van der Waals surface area contributed by atoms with Gasteiger partial charge in [0, 0.05) is 37.3 Å². The zero-order valence-electron chi connectivity index (χ0n) is 16.3. The van der Waals surface area contributed by atoms with Crippen molar-refractivity contribution in [2.45, 2.75) is 57.3 Å². The molecule has 4 heterocycles. The summed E-state index contributed by atoms with van der Waals surface area (Å²) in [5, 5.41) is 4.31. The maximum absolute atomic E-state index is 5.90. The molecule has 1 N–H and O–H groups in total. The molecule has 6 heteroatoms. The highest BCUT2D eigenvalue weighted by atomic mass is 32.1. The molecular weight excluding hydrogens is 356 g/mol. The minimum absolute atomic E-state index is 0.0379. The van der Waals surface area contributed by atoms with Crippen LogP contribution < -0.4 is 5.32 Å². The molecule has 0 aromatic carbocycles. The van der Waals surface area contributed by atoms with Gasteiger partial charge in [0.15, 0.2) is 5.11 Å². The molecule has 2 saturated heterocycles. The number of nitrogens with zero attached hydrogens (tertiary/aromatic N) is 3. The highest BCUT2D eigenvalue weighted by Crippen LogP contribution is 2.39. The van der Waals surface area contributed by atoms with Crippen molar-refractivity contribution >= 4 is 17.3 Å². The molecule has 3 atom stereocenters. The van der Waals surface area contributed by atoms with Crippen LogP contribution >= 0.6 is 12.2 Å². The third-order valence-corrected chi connectivity index (χ3v) is 5.81. The van der Waals surface area contributed by atoms with Crippen LogP contribution in [0, 0.1) is 0 Å². The summed E-state index contributed by atoms with van der Waals surface area (Å²) in [5.74, 6) is 0. The average molecular weight is 385 g/mol. The molecule has 2 aromatic heterocycles. The van der Waals surface area contributed by atoms with Crippen molar-refractivity contribution in [2.75, 3.05) is 13.2 Å². The molecular formula is C21H28N4OS. The van der Waals surface area contributed by atoms with E-state index in [9.17, 15) is 0 Å². The fourth-order valence-electron chi connectivity index (χ4n) is 3.98. The number of rotatable bonds is 4. The predicted octanol–water partition coefficient (Wildman–Crippen LogP) is 3.79. The van der Waals surface area contributed by atoms with Crippen molar-refractivity contribution in [3.8, 4) is 0 Å². The van der Waals surface area contributed by atoms with Crippen LogP contribution in [0.5, 0.6) is 0 Å². The number of aromatic nitrogens is 2. The number of hydrogen-bond acceptors (Lipinski definition) is 3. The van der Waals surface area contributed by atoms with E-state index in [1.165, 1.54) is 5.56 Å². The lowest BCUT2D eigenvalue weighted by Gasteiger charge is -2.29. The lowest BCUT2D eigenvalue weighted by Crippen LogP contribution is -2.36. The van der Waals surface area contributed by atoms with Gasteiger partial charge in [-0.25, -0.2) is 0 Å². The van der Waals surface area contributed by atoms with Gasteiger partial charge in [-0.2, -0.15) is 0 Å². The van der Waals surface area contributed by atoms with Gasteiger partial charge in [0.05, 0.1) is 23.9 Å². The molecule has 0 spiro atoms. The normalized spacial score (nSPS) is 25.8. The molecule has 2 aromatic rings. The van der Waals surface area contributed by atoms with E-state index in [2.05, 4.69) is 65.1 Å². The molecule has 4 rings (SSSR count). The van der Waals surface area contributed by atoms with Gasteiger partial charge in [-0.3, -0.25) is 4.98 Å². The summed E-state index contributed by atoms with van der Waals surface area (Å²) in [6, 6.07) is 8.42. The van der Waals surface area contributed by atoms with Crippen molar-refractivity contribution < 1.29 is 4.74 Å². The van der Waals surface area contributed by atoms with Gasteiger partial charge in [-0.1, -0.05) is 6.07 Å². The summed E-state index contributed by atoms with van der Waals surface area (Å²) in [4.78, 5) is 6.90. The molecule has 0 unspecified atom stereocenters. The molecule has 144 valence electrons. The Morgan fingerprint density at radius 1 is 1.30 bits per heavy atom. The number of pyridine rings is 1. The van der Waals surface area contributed by atoms with Crippen LogP contribution in [0.3, 0.4) is 0 Å². The largest absolute Gasteiger partial charge is 0.376 e. The molecule has 27 heavy (non-hydrogen) atoms. The van der Waals surface area contributed by atoms with E-state index >= 15 is 0 Å². The zero-order valence-corrected chi connectivity index (χ0v) is 17.1. The molecule has 0 bridgehead atoms. The summed E-state index contributed by atoms with van der Waals surface area (Å²) < 4.78 is 8.17. The van der Waals surface area contributed by atoms with Crippen molar-refractivity contribution in [3.05, 3.63) is 54.1 Å². The van der Waals surface area contributed by atoms with Crippen LogP contribution in [-0.2, 0) is 10.3 Å². The Morgan fingerprint density at radius 2 is 2.15 bits per heavy atom. The Hall–Kier alpha value is -1.92. The van der Waals surface area contributed by atoms with Gasteiger partial charge in [0.25, 0.3) is 0 Å². The van der Waals surface area contributed by atoms with Gasteiger partial charge in [-0.15, -0.1) is 0 Å². The van der Waals surface area contributed by atoms with Gasteiger partial charge >= 0.3 is 0 Å². The van der Waals surface area contributed by atoms with Crippen molar-refractivity contribution in [3.63, 3.8) is 0 Å². The number of thiocarbonyl (C=S) groups is 1. The van der Waals surface area contributed by atoms with Crippen LogP contribution in [0.25, 0.3) is 0 Å². The van der Waals surface area contributed by atoms with Crippen LogP contribution in [0.1, 0.15) is 57.0 Å². The SMILES string of the molecule is CC(C)(C)n1ccc([C@@H]2[C@H](c3ccccn3)NC(=S)N2C[C@@H]2CCCO2)c1. The predicted molar refractivity (Wildman–Crippen MR) is 111 cm³/mol. The highest BCUT2D eigenvalue weighted by molar-refractivity contribution is 7.80. The molecule has 2 aliphatic rings. The first-order chi connectivity index (χ1) is 12.9. The number of hydrogen-bond donors (Lipinski definition) is 1. The molecule has 0 aliphatic carbocycles. The second-order valence-electron chi connectivity index (χ2n) is 8.44. The molecule has 2 aliphatic heterocycles. The molecule has 0 saturated carbocycles. The van der Waals surface area contributed by atoms with Gasteiger partial charge < -0.3 is 19.5 Å². The van der Waals surface area contributed by atoms with E-state index in [0.717, 1.165) is 36.8 Å². The van der Waals surface area contributed by atoms with Crippen molar-refractivity contribution in [1.82, 2.24) is 19.8 Å². The topological polar surface area (TPSA) is 42.3 Å². The second kappa shape index (κ2) is 7.24. The lowest BCUT2D eigenvalue weighted by molar-refractivity contribution is 0.0842. The van der Waals surface area contributed by atoms with E-state index in [-0.39, 0.29) is 23.7 Å². The quantitative estimate of drug-likeness (QED) is 0.813. The van der Waals surface area contributed by atoms with Gasteiger partial charge in [0.2, 0.25) is 0 Å². The fraction of sp³-hybridized carbons (Fsp3) is 0.524. The molecule has 5 nitrogen and oxygen atoms in total. The van der Waals surface area contributed by atoms with Gasteiger partial charge in [0.1, 0.15) is 0 Å². The Labute approximate surface area is 166 Å². The van der Waals surface area contributed by atoms with Crippen LogP contribution in [0.15, 0.2) is 42.9 Å². The first kappa shape index (κ1) is 18.4. The van der Waals surface area contributed by atoms with Crippen molar-refractivity contribution in [2.24, 2.45) is 0 Å². The van der Waals surface area contributed by atoms with Crippen LogP contribution in [-0.4, -0.2) is 38.8 Å². The third kappa shape index (κ3) is 3.73. The Bertz CT molecular complexity index is 792. The van der Waals surface area contributed by atoms with E-state index < -0.39 is 0 Å². The standard InChI is InChI=1S/C21H28N4OS/c1-21(2,3)24-11-9-15(13-24)19-18(17-8-4-5-10-22-17)23-20(27)25(19)14-16-7-6-12-26-16/h4-5,8-11,13,16,18-19H,6-7,12,14H2,1-3H3,(H,23,27)/t16-,18-,19+/m0/s1. The van der Waals surface area contributed by atoms with E-state index in [0.29, 0.717) is 0 Å². The summed E-state index contributed by atoms with van der Waals surface area (Å²) >= 11 is 5.73. The number of nitrogens with one attached hydrogen (secondary N) is 1. The average Bonchev–Trinajstić information content (AvgIpc) is 3.37. The third-order valence-electron chi connectivity index (χ3n) is 5.45.